The number of carbonyl (C=O) groups is 3. The average Bonchev–Trinajstić information content (AvgIpc) is 3.22. The molecule has 0 spiro atoms. The van der Waals surface area contributed by atoms with Gasteiger partial charge in [-0.25, -0.2) is 9.78 Å². The summed E-state index contributed by atoms with van der Waals surface area (Å²) in [4.78, 5) is 52.2. The van der Waals surface area contributed by atoms with E-state index in [1.807, 2.05) is 18.2 Å². The number of anilines is 3. The average molecular weight is 503 g/mol. The number of rotatable bonds is 5. The van der Waals surface area contributed by atoms with Crippen molar-refractivity contribution >= 4 is 56.5 Å². The SMILES string of the molecule is C=CC(=O)N1CCCC(NC(=O)c2sc3nccc4c3c2NC(=O)N4c2ccnc(C3CCC3)c2)C1. The maximum absolute atomic E-state index is 13.4. The van der Waals surface area contributed by atoms with Crippen LogP contribution in [0.1, 0.15) is 53.4 Å². The monoisotopic (exact) mass is 502 g/mol. The Morgan fingerprint density at radius 3 is 2.78 bits per heavy atom. The lowest BCUT2D eigenvalue weighted by Crippen LogP contribution is -2.49. The zero-order chi connectivity index (χ0) is 24.8. The molecule has 0 radical (unpaired) electrons. The van der Waals surface area contributed by atoms with Crippen molar-refractivity contribution in [2.75, 3.05) is 23.3 Å². The summed E-state index contributed by atoms with van der Waals surface area (Å²) < 4.78 is 0. The summed E-state index contributed by atoms with van der Waals surface area (Å²) in [5, 5.41) is 6.76. The molecule has 0 bridgehead atoms. The first-order valence-electron chi connectivity index (χ1n) is 12.2. The summed E-state index contributed by atoms with van der Waals surface area (Å²) in [7, 11) is 0. The highest BCUT2D eigenvalue weighted by molar-refractivity contribution is 7.21. The van der Waals surface area contributed by atoms with E-state index in [0.29, 0.717) is 40.1 Å². The van der Waals surface area contributed by atoms with Crippen LogP contribution in [0.5, 0.6) is 0 Å². The standard InChI is InChI=1S/C26H26N6O3S/c1-2-20(33)31-12-4-7-16(14-31)29-24(34)23-22-21-19(9-11-28-25(21)36-23)32(26(35)30-22)17-8-10-27-18(13-17)15-5-3-6-15/h2,8-11,13,15-16H,1,3-7,12,14H2,(H,29,34)(H,30,35). The summed E-state index contributed by atoms with van der Waals surface area (Å²) >= 11 is 1.26. The van der Waals surface area contributed by atoms with Crippen LogP contribution in [0.15, 0.2) is 43.2 Å². The molecular weight excluding hydrogens is 476 g/mol. The Kier molecular flexibility index (Phi) is 5.67. The molecule has 0 aromatic carbocycles. The highest BCUT2D eigenvalue weighted by Gasteiger charge is 2.34. The number of aromatic nitrogens is 2. The predicted molar refractivity (Wildman–Crippen MR) is 139 cm³/mol. The van der Waals surface area contributed by atoms with E-state index in [1.165, 1.54) is 23.8 Å². The Morgan fingerprint density at radius 2 is 2.00 bits per heavy atom. The molecule has 6 rings (SSSR count). The number of amides is 4. The summed E-state index contributed by atoms with van der Waals surface area (Å²) in [5.74, 6) is 0.0326. The minimum atomic E-state index is -0.325. The molecule has 2 aliphatic heterocycles. The number of thiophene rings is 1. The van der Waals surface area contributed by atoms with Crippen molar-refractivity contribution in [2.45, 2.75) is 44.1 Å². The smallest absolute Gasteiger partial charge is 0.331 e. The maximum atomic E-state index is 13.4. The van der Waals surface area contributed by atoms with Crippen LogP contribution in [0.3, 0.4) is 0 Å². The molecule has 10 heteroatoms. The van der Waals surface area contributed by atoms with Gasteiger partial charge in [-0.1, -0.05) is 13.0 Å². The van der Waals surface area contributed by atoms with E-state index < -0.39 is 0 Å². The highest BCUT2D eigenvalue weighted by Crippen LogP contribution is 2.46. The molecule has 184 valence electrons. The number of nitrogens with one attached hydrogen (secondary N) is 2. The first-order chi connectivity index (χ1) is 17.5. The Morgan fingerprint density at radius 1 is 1.17 bits per heavy atom. The van der Waals surface area contributed by atoms with Crippen LogP contribution in [0.4, 0.5) is 21.9 Å². The molecule has 36 heavy (non-hydrogen) atoms. The van der Waals surface area contributed by atoms with Crippen LogP contribution in [0.25, 0.3) is 10.2 Å². The van der Waals surface area contributed by atoms with Crippen LogP contribution < -0.4 is 15.5 Å². The first-order valence-corrected chi connectivity index (χ1v) is 13.1. The predicted octanol–water partition coefficient (Wildman–Crippen LogP) is 4.55. The Hall–Kier alpha value is -3.79. The topological polar surface area (TPSA) is 108 Å². The summed E-state index contributed by atoms with van der Waals surface area (Å²) in [5.41, 5.74) is 2.93. The van der Waals surface area contributed by atoms with Crippen LogP contribution in [0.2, 0.25) is 0 Å². The van der Waals surface area contributed by atoms with E-state index in [-0.39, 0.29) is 23.9 Å². The molecule has 1 atom stereocenters. The normalized spacial score (nSPS) is 19.6. The second-order valence-corrected chi connectivity index (χ2v) is 10.4. The van der Waals surface area contributed by atoms with Crippen molar-refractivity contribution in [3.05, 3.63) is 53.8 Å². The van der Waals surface area contributed by atoms with Crippen molar-refractivity contribution in [3.63, 3.8) is 0 Å². The molecule has 4 amide bonds. The van der Waals surface area contributed by atoms with Gasteiger partial charge in [-0.05, 0) is 50.0 Å². The zero-order valence-corrected chi connectivity index (χ0v) is 20.5. The fraction of sp³-hybridized carbons (Fsp3) is 0.346. The van der Waals surface area contributed by atoms with Crippen molar-refractivity contribution < 1.29 is 14.4 Å². The van der Waals surface area contributed by atoms with E-state index in [2.05, 4.69) is 27.2 Å². The molecule has 2 fully saturated rings. The van der Waals surface area contributed by atoms with E-state index in [4.69, 9.17) is 0 Å². The van der Waals surface area contributed by atoms with Crippen molar-refractivity contribution in [2.24, 2.45) is 0 Å². The maximum Gasteiger partial charge on any atom is 0.331 e. The fourth-order valence-electron chi connectivity index (χ4n) is 5.18. The Labute approximate surface area is 212 Å². The third kappa shape index (κ3) is 3.81. The largest absolute Gasteiger partial charge is 0.347 e. The lowest BCUT2D eigenvalue weighted by atomic mass is 9.82. The van der Waals surface area contributed by atoms with Gasteiger partial charge in [0.2, 0.25) is 5.91 Å². The minimum Gasteiger partial charge on any atom is -0.347 e. The second kappa shape index (κ2) is 9.02. The molecule has 1 saturated carbocycles. The molecular formula is C26H26N6O3S. The molecule has 1 unspecified atom stereocenters. The van der Waals surface area contributed by atoms with Gasteiger partial charge in [0.05, 0.1) is 22.4 Å². The molecule has 5 heterocycles. The zero-order valence-electron chi connectivity index (χ0n) is 19.7. The lowest BCUT2D eigenvalue weighted by Gasteiger charge is -2.32. The summed E-state index contributed by atoms with van der Waals surface area (Å²) in [6, 6.07) is 5.13. The number of nitrogens with zero attached hydrogens (tertiary/aromatic N) is 4. The summed E-state index contributed by atoms with van der Waals surface area (Å²) in [6.45, 7) is 4.65. The molecule has 3 aromatic heterocycles. The first kappa shape index (κ1) is 22.7. The quantitative estimate of drug-likeness (QED) is 0.498. The van der Waals surface area contributed by atoms with Gasteiger partial charge in [0, 0.05) is 43.1 Å². The molecule has 1 saturated heterocycles. The van der Waals surface area contributed by atoms with Gasteiger partial charge >= 0.3 is 6.03 Å². The number of likely N-dealkylation sites (tertiary alicyclic amines) is 1. The van der Waals surface area contributed by atoms with E-state index in [1.54, 1.807) is 22.2 Å². The minimum absolute atomic E-state index is 0.135. The fourth-order valence-corrected chi connectivity index (χ4v) is 6.20. The number of carbonyl (C=O) groups excluding carboxylic acids is 3. The molecule has 1 aliphatic carbocycles. The molecule has 3 aromatic rings. The van der Waals surface area contributed by atoms with E-state index in [0.717, 1.165) is 42.5 Å². The number of piperidine rings is 1. The van der Waals surface area contributed by atoms with E-state index >= 15 is 0 Å². The van der Waals surface area contributed by atoms with Crippen LogP contribution in [-0.2, 0) is 4.79 Å². The number of hydrogen-bond acceptors (Lipinski definition) is 6. The molecule has 2 N–H and O–H groups in total. The van der Waals surface area contributed by atoms with Gasteiger partial charge in [0.25, 0.3) is 5.91 Å². The van der Waals surface area contributed by atoms with Crippen LogP contribution in [0, 0.1) is 0 Å². The van der Waals surface area contributed by atoms with Crippen molar-refractivity contribution in [3.8, 4) is 0 Å². The number of hydrogen-bond donors (Lipinski definition) is 2. The number of pyridine rings is 2. The summed E-state index contributed by atoms with van der Waals surface area (Å²) in [6.07, 6.45) is 9.74. The Bertz CT molecular complexity index is 1400. The van der Waals surface area contributed by atoms with Gasteiger partial charge in [0.1, 0.15) is 9.71 Å². The van der Waals surface area contributed by atoms with Gasteiger partial charge in [-0.2, -0.15) is 0 Å². The van der Waals surface area contributed by atoms with Gasteiger partial charge < -0.3 is 15.5 Å². The third-order valence-electron chi connectivity index (χ3n) is 7.24. The second-order valence-electron chi connectivity index (χ2n) is 9.45. The number of urea groups is 1. The highest BCUT2D eigenvalue weighted by atomic mass is 32.1. The van der Waals surface area contributed by atoms with Gasteiger partial charge in [0.15, 0.2) is 0 Å². The Balaban J connectivity index is 1.32. The van der Waals surface area contributed by atoms with Crippen molar-refractivity contribution in [1.29, 1.82) is 0 Å². The molecule has 3 aliphatic rings. The van der Waals surface area contributed by atoms with Gasteiger partial charge in [-0.15, -0.1) is 11.3 Å². The van der Waals surface area contributed by atoms with Crippen LogP contribution >= 0.6 is 11.3 Å². The molecule has 9 nitrogen and oxygen atoms in total. The van der Waals surface area contributed by atoms with Gasteiger partial charge in [-0.3, -0.25) is 19.5 Å². The van der Waals surface area contributed by atoms with E-state index in [9.17, 15) is 14.4 Å². The van der Waals surface area contributed by atoms with Crippen molar-refractivity contribution in [1.82, 2.24) is 20.2 Å². The third-order valence-corrected chi connectivity index (χ3v) is 8.34. The van der Waals surface area contributed by atoms with Crippen LogP contribution in [-0.4, -0.2) is 51.8 Å². The lowest BCUT2D eigenvalue weighted by molar-refractivity contribution is -0.127.